The van der Waals surface area contributed by atoms with E-state index in [2.05, 4.69) is 9.80 Å². The first kappa shape index (κ1) is 18.0. The molecule has 0 bridgehead atoms. The second kappa shape index (κ2) is 7.20. The molecular formula is C19H29N3O3. The smallest absolute Gasteiger partial charge is 0.257 e. The molecule has 0 N–H and O–H groups in total. The lowest BCUT2D eigenvalue weighted by Gasteiger charge is -2.38. The van der Waals surface area contributed by atoms with Gasteiger partial charge in [0, 0.05) is 38.1 Å². The van der Waals surface area contributed by atoms with Crippen molar-refractivity contribution in [3.63, 3.8) is 0 Å². The van der Waals surface area contributed by atoms with Crippen LogP contribution in [0, 0.1) is 6.92 Å². The van der Waals surface area contributed by atoms with Crippen molar-refractivity contribution >= 4 is 11.8 Å². The summed E-state index contributed by atoms with van der Waals surface area (Å²) in [4.78, 5) is 31.4. The first-order chi connectivity index (χ1) is 11.9. The Balaban J connectivity index is 1.70. The largest absolute Gasteiger partial charge is 0.469 e. The fraction of sp³-hybridized carbons (Fsp3) is 0.684. The Hall–Kier alpha value is -1.82. The van der Waals surface area contributed by atoms with Gasteiger partial charge in [0.1, 0.15) is 5.76 Å². The molecule has 6 heteroatoms. The predicted octanol–water partition coefficient (Wildman–Crippen LogP) is 2.14. The molecule has 0 saturated carbocycles. The van der Waals surface area contributed by atoms with Gasteiger partial charge in [-0.15, -0.1) is 0 Å². The highest BCUT2D eigenvalue weighted by molar-refractivity contribution is 5.95. The molecule has 2 aliphatic rings. The number of hydrogen-bond donors (Lipinski definition) is 0. The fourth-order valence-corrected chi connectivity index (χ4v) is 4.21. The Kier molecular flexibility index (Phi) is 5.18. The van der Waals surface area contributed by atoms with Crippen LogP contribution in [-0.4, -0.2) is 72.3 Å². The molecule has 138 valence electrons. The lowest BCUT2D eigenvalue weighted by molar-refractivity contribution is -0.131. The summed E-state index contributed by atoms with van der Waals surface area (Å²) in [5.41, 5.74) is 0.594. The summed E-state index contributed by atoms with van der Waals surface area (Å²) in [6, 6.07) is 1.75. The van der Waals surface area contributed by atoms with E-state index in [1.165, 1.54) is 0 Å². The number of likely N-dealkylation sites (tertiary alicyclic amines) is 2. The molecule has 0 aliphatic carbocycles. The van der Waals surface area contributed by atoms with Crippen LogP contribution in [0.4, 0.5) is 0 Å². The number of aryl methyl sites for hydroxylation is 1. The van der Waals surface area contributed by atoms with Crippen molar-refractivity contribution in [3.8, 4) is 0 Å². The number of carbonyl (C=O) groups is 2. The van der Waals surface area contributed by atoms with Crippen LogP contribution < -0.4 is 0 Å². The van der Waals surface area contributed by atoms with Gasteiger partial charge >= 0.3 is 0 Å². The second-order valence-electron chi connectivity index (χ2n) is 7.61. The third kappa shape index (κ3) is 3.59. The topological polar surface area (TPSA) is 57.0 Å². The maximum absolute atomic E-state index is 12.8. The van der Waals surface area contributed by atoms with Crippen molar-refractivity contribution in [1.82, 2.24) is 14.7 Å². The number of furan rings is 1. The number of nitrogens with zero attached hydrogens (tertiary/aromatic N) is 3. The van der Waals surface area contributed by atoms with Crippen molar-refractivity contribution in [2.75, 3.05) is 40.3 Å². The van der Waals surface area contributed by atoms with Crippen LogP contribution in [-0.2, 0) is 4.79 Å². The molecule has 0 radical (unpaired) electrons. The minimum absolute atomic E-state index is 0.0486. The summed E-state index contributed by atoms with van der Waals surface area (Å²) in [7, 11) is 4.07. The van der Waals surface area contributed by atoms with Crippen molar-refractivity contribution < 1.29 is 14.0 Å². The molecule has 0 aromatic carbocycles. The molecule has 1 aromatic heterocycles. The van der Waals surface area contributed by atoms with Gasteiger partial charge in [0.05, 0.1) is 11.8 Å². The molecule has 0 unspecified atom stereocenters. The molecule has 2 fully saturated rings. The van der Waals surface area contributed by atoms with Gasteiger partial charge < -0.3 is 19.1 Å². The summed E-state index contributed by atoms with van der Waals surface area (Å²) >= 11 is 0. The first-order valence-corrected chi connectivity index (χ1v) is 9.21. The maximum Gasteiger partial charge on any atom is 0.257 e. The molecule has 1 aromatic rings. The van der Waals surface area contributed by atoms with Crippen LogP contribution in [0.2, 0.25) is 0 Å². The SMILES string of the molecule is Cc1occc1C(=O)N1CCC[C@@]2(CCC(=O)N2CCN(C)C)CC1. The maximum atomic E-state index is 12.8. The van der Waals surface area contributed by atoms with E-state index in [1.54, 1.807) is 12.3 Å². The summed E-state index contributed by atoms with van der Waals surface area (Å²) in [5.74, 6) is 0.993. The second-order valence-corrected chi connectivity index (χ2v) is 7.61. The number of carbonyl (C=O) groups excluding carboxylic acids is 2. The van der Waals surface area contributed by atoms with Crippen LogP contribution in [0.15, 0.2) is 16.7 Å². The first-order valence-electron chi connectivity index (χ1n) is 9.21. The van der Waals surface area contributed by atoms with E-state index in [9.17, 15) is 9.59 Å². The van der Waals surface area contributed by atoms with Crippen molar-refractivity contribution in [2.24, 2.45) is 0 Å². The minimum Gasteiger partial charge on any atom is -0.469 e. The van der Waals surface area contributed by atoms with Crippen molar-refractivity contribution in [1.29, 1.82) is 0 Å². The van der Waals surface area contributed by atoms with Gasteiger partial charge in [0.15, 0.2) is 0 Å². The molecule has 2 amide bonds. The molecule has 2 aliphatic heterocycles. The highest BCUT2D eigenvalue weighted by Gasteiger charge is 2.45. The van der Waals surface area contributed by atoms with E-state index in [0.717, 1.165) is 45.3 Å². The van der Waals surface area contributed by atoms with Crippen LogP contribution in [0.5, 0.6) is 0 Å². The van der Waals surface area contributed by atoms with Gasteiger partial charge in [0.2, 0.25) is 5.91 Å². The number of rotatable bonds is 4. The highest BCUT2D eigenvalue weighted by atomic mass is 16.3. The molecule has 1 spiro atoms. The molecule has 6 nitrogen and oxygen atoms in total. The van der Waals surface area contributed by atoms with E-state index in [1.807, 2.05) is 25.9 Å². The van der Waals surface area contributed by atoms with Gasteiger partial charge in [0.25, 0.3) is 5.91 Å². The lowest BCUT2D eigenvalue weighted by atomic mass is 9.87. The Morgan fingerprint density at radius 3 is 2.76 bits per heavy atom. The van der Waals surface area contributed by atoms with E-state index < -0.39 is 0 Å². The average Bonchev–Trinajstić information content (AvgIpc) is 3.04. The van der Waals surface area contributed by atoms with Crippen molar-refractivity contribution in [2.45, 2.75) is 44.6 Å². The molecule has 3 rings (SSSR count). The number of amides is 2. The molecule has 2 saturated heterocycles. The normalized spacial score (nSPS) is 24.4. The zero-order chi connectivity index (χ0) is 18.0. The predicted molar refractivity (Wildman–Crippen MR) is 95.4 cm³/mol. The lowest BCUT2D eigenvalue weighted by Crippen LogP contribution is -2.49. The third-order valence-corrected chi connectivity index (χ3v) is 5.74. The zero-order valence-electron chi connectivity index (χ0n) is 15.6. The molecule has 3 heterocycles. The van der Waals surface area contributed by atoms with Gasteiger partial charge in [-0.2, -0.15) is 0 Å². The average molecular weight is 347 g/mol. The van der Waals surface area contributed by atoms with Crippen LogP contribution in [0.1, 0.15) is 48.2 Å². The van der Waals surface area contributed by atoms with Crippen LogP contribution >= 0.6 is 0 Å². The monoisotopic (exact) mass is 347 g/mol. The van der Waals surface area contributed by atoms with Gasteiger partial charge in [-0.3, -0.25) is 9.59 Å². The Bertz CT molecular complexity index is 640. The van der Waals surface area contributed by atoms with Crippen molar-refractivity contribution in [3.05, 3.63) is 23.7 Å². The Morgan fingerprint density at radius 2 is 2.08 bits per heavy atom. The van der Waals surface area contributed by atoms with E-state index in [-0.39, 0.29) is 17.4 Å². The van der Waals surface area contributed by atoms with Crippen LogP contribution in [0.25, 0.3) is 0 Å². The van der Waals surface area contributed by atoms with E-state index in [4.69, 9.17) is 4.42 Å². The summed E-state index contributed by atoms with van der Waals surface area (Å²) in [5, 5.41) is 0. The van der Waals surface area contributed by atoms with Gasteiger partial charge in [-0.05, 0) is 52.8 Å². The highest BCUT2D eigenvalue weighted by Crippen LogP contribution is 2.39. The molecule has 25 heavy (non-hydrogen) atoms. The van der Waals surface area contributed by atoms with E-state index in [0.29, 0.717) is 24.3 Å². The van der Waals surface area contributed by atoms with Crippen LogP contribution in [0.3, 0.4) is 0 Å². The standard InChI is InChI=1S/C19H29N3O3/c1-15-16(6-14-25-15)18(24)21-10-4-7-19(9-11-21)8-5-17(23)22(19)13-12-20(2)3/h6,14H,4-5,7-13H2,1-3H3/t19-/m1/s1. The summed E-state index contributed by atoms with van der Waals surface area (Å²) in [6.45, 7) is 4.94. The zero-order valence-corrected chi connectivity index (χ0v) is 15.6. The van der Waals surface area contributed by atoms with E-state index >= 15 is 0 Å². The summed E-state index contributed by atoms with van der Waals surface area (Å²) in [6.07, 6.45) is 5.93. The third-order valence-electron chi connectivity index (χ3n) is 5.74. The quantitative estimate of drug-likeness (QED) is 0.837. The molecule has 1 atom stereocenters. The Morgan fingerprint density at radius 1 is 1.28 bits per heavy atom. The fourth-order valence-electron chi connectivity index (χ4n) is 4.21. The minimum atomic E-state index is -0.0619. The number of likely N-dealkylation sites (N-methyl/N-ethyl adjacent to an activating group) is 1. The van der Waals surface area contributed by atoms with Gasteiger partial charge in [-0.25, -0.2) is 0 Å². The number of hydrogen-bond acceptors (Lipinski definition) is 4. The van der Waals surface area contributed by atoms with Gasteiger partial charge in [-0.1, -0.05) is 0 Å². The molecular weight excluding hydrogens is 318 g/mol. The Labute approximate surface area is 149 Å². The summed E-state index contributed by atoms with van der Waals surface area (Å²) < 4.78 is 5.28.